The molecule has 1 heterocycles. The topological polar surface area (TPSA) is 151 Å². The van der Waals surface area contributed by atoms with Crippen molar-refractivity contribution in [2.75, 3.05) is 13.7 Å². The van der Waals surface area contributed by atoms with E-state index in [1.807, 2.05) is 0 Å². The van der Waals surface area contributed by atoms with E-state index in [2.05, 4.69) is 5.32 Å². The molecule has 1 aliphatic rings. The molecule has 1 aliphatic heterocycles. The molecule has 0 saturated carbocycles. The maximum absolute atomic E-state index is 13.6. The number of benzene rings is 1. The summed E-state index contributed by atoms with van der Waals surface area (Å²) >= 11 is 0. The van der Waals surface area contributed by atoms with Crippen LogP contribution in [0.4, 0.5) is 4.79 Å². The van der Waals surface area contributed by atoms with Gasteiger partial charge in [-0.2, -0.15) is 4.79 Å². The van der Waals surface area contributed by atoms with E-state index in [0.717, 1.165) is 0 Å². The summed E-state index contributed by atoms with van der Waals surface area (Å²) < 4.78 is 14.5. The largest absolute Gasteiger partial charge is 0.532 e. The van der Waals surface area contributed by atoms with Crippen LogP contribution in [0.2, 0.25) is 0 Å². The van der Waals surface area contributed by atoms with Crippen LogP contribution in [-0.4, -0.2) is 71.7 Å². The van der Waals surface area contributed by atoms with Crippen molar-refractivity contribution in [1.82, 2.24) is 5.32 Å². The highest BCUT2D eigenvalue weighted by Gasteiger charge is 2.68. The second-order valence-electron chi connectivity index (χ2n) is 9.99. The van der Waals surface area contributed by atoms with E-state index in [4.69, 9.17) is 19.9 Å². The van der Waals surface area contributed by atoms with Gasteiger partial charge in [0.2, 0.25) is 0 Å². The Morgan fingerprint density at radius 2 is 1.78 bits per heavy atom. The number of carbonyl (C=O) groups is 5. The van der Waals surface area contributed by atoms with Gasteiger partial charge < -0.3 is 25.3 Å². The molecule has 1 aromatic rings. The van der Waals surface area contributed by atoms with Gasteiger partial charge in [0.25, 0.3) is 5.91 Å². The maximum atomic E-state index is 13.6. The van der Waals surface area contributed by atoms with Crippen molar-refractivity contribution in [1.29, 1.82) is 0 Å². The Hall–Kier alpha value is -3.15. The van der Waals surface area contributed by atoms with Crippen LogP contribution in [0.25, 0.3) is 0 Å². The number of imide groups is 3. The quantitative estimate of drug-likeness (QED) is 0.193. The smallest absolute Gasteiger partial charge is 0.458 e. The number of rotatable bonds is 11. The van der Waals surface area contributed by atoms with Gasteiger partial charge in [-0.1, -0.05) is 34.8 Å². The number of amides is 4. The van der Waals surface area contributed by atoms with E-state index >= 15 is 0 Å². The molecule has 0 spiro atoms. The highest BCUT2D eigenvalue weighted by atomic mass is 16.6. The SMILES string of the molecule is COC1CC(=O)[N+](C(=O)OCc2ccccc2)([C@@H](CCCCN)C(=O)N[C@@H](C)C(=O)OC(C)(C)C)C1=O. The molecule has 4 amide bonds. The van der Waals surface area contributed by atoms with Crippen molar-refractivity contribution in [3.8, 4) is 0 Å². The number of quaternary nitrogens is 1. The van der Waals surface area contributed by atoms with Crippen LogP contribution >= 0.6 is 0 Å². The molecule has 1 saturated heterocycles. The van der Waals surface area contributed by atoms with Crippen LogP contribution in [0, 0.1) is 0 Å². The van der Waals surface area contributed by atoms with E-state index in [9.17, 15) is 24.0 Å². The number of hydrogen-bond acceptors (Lipinski definition) is 9. The van der Waals surface area contributed by atoms with E-state index in [1.165, 1.54) is 14.0 Å². The van der Waals surface area contributed by atoms with Crippen molar-refractivity contribution in [3.63, 3.8) is 0 Å². The monoisotopic (exact) mass is 520 g/mol. The van der Waals surface area contributed by atoms with Gasteiger partial charge in [0.1, 0.15) is 24.7 Å². The van der Waals surface area contributed by atoms with Crippen LogP contribution in [0.1, 0.15) is 58.9 Å². The standard InChI is InChI=1S/C26H37N3O8/c1-17(24(33)37-26(2,3)4)28-22(31)19(13-9-10-14-27)29(21(30)15-20(35-5)23(29)32)25(34)36-16-18-11-7-6-8-12-18/h6-8,11-12,17,19-20H,9-10,13-16,27H2,1-5H3/p+1/t17-,19-,20?,29?/m0/s1. The van der Waals surface area contributed by atoms with E-state index in [-0.39, 0.29) is 13.0 Å². The molecule has 1 aromatic carbocycles. The highest BCUT2D eigenvalue weighted by molar-refractivity contribution is 6.06. The zero-order valence-corrected chi connectivity index (χ0v) is 22.2. The van der Waals surface area contributed by atoms with E-state index in [1.54, 1.807) is 51.1 Å². The van der Waals surface area contributed by atoms with Crippen molar-refractivity contribution >= 4 is 29.8 Å². The molecule has 3 N–H and O–H groups in total. The van der Waals surface area contributed by atoms with Crippen LogP contribution in [0.3, 0.4) is 0 Å². The summed E-state index contributed by atoms with van der Waals surface area (Å²) in [7, 11) is 1.25. The van der Waals surface area contributed by atoms with Gasteiger partial charge in [-0.05, 0) is 52.6 Å². The Bertz CT molecular complexity index is 991. The highest BCUT2D eigenvalue weighted by Crippen LogP contribution is 2.33. The maximum Gasteiger partial charge on any atom is 0.532 e. The number of nitrogens with one attached hydrogen (secondary N) is 1. The molecule has 0 aliphatic carbocycles. The van der Waals surface area contributed by atoms with Gasteiger partial charge in [0.15, 0.2) is 12.1 Å². The van der Waals surface area contributed by atoms with Gasteiger partial charge in [-0.3, -0.25) is 4.79 Å². The van der Waals surface area contributed by atoms with Crippen molar-refractivity contribution in [3.05, 3.63) is 35.9 Å². The second kappa shape index (κ2) is 12.9. The number of nitrogens with two attached hydrogens (primary N) is 1. The molecular formula is C26H38N3O8+. The van der Waals surface area contributed by atoms with Crippen molar-refractivity contribution < 1.29 is 42.7 Å². The first-order valence-electron chi connectivity index (χ1n) is 12.3. The van der Waals surface area contributed by atoms with Crippen LogP contribution in [-0.2, 0) is 40.0 Å². The van der Waals surface area contributed by atoms with Gasteiger partial charge in [0.05, 0.1) is 0 Å². The predicted molar refractivity (Wildman–Crippen MR) is 132 cm³/mol. The predicted octanol–water partition coefficient (Wildman–Crippen LogP) is 1.96. The molecule has 11 heteroatoms. The van der Waals surface area contributed by atoms with E-state index < -0.39 is 64.5 Å². The van der Waals surface area contributed by atoms with Gasteiger partial charge in [-0.15, -0.1) is 0 Å². The minimum Gasteiger partial charge on any atom is -0.458 e. The van der Waals surface area contributed by atoms with Crippen LogP contribution in [0.5, 0.6) is 0 Å². The lowest BCUT2D eigenvalue weighted by Gasteiger charge is -2.33. The van der Waals surface area contributed by atoms with Gasteiger partial charge in [0, 0.05) is 13.5 Å². The molecule has 204 valence electrons. The third-order valence-corrected chi connectivity index (χ3v) is 5.98. The summed E-state index contributed by atoms with van der Waals surface area (Å²) in [6.07, 6.45) is -1.97. The van der Waals surface area contributed by atoms with Crippen molar-refractivity contribution in [2.24, 2.45) is 5.73 Å². The molecule has 0 aromatic heterocycles. The Kier molecular flexibility index (Phi) is 10.5. The van der Waals surface area contributed by atoms with Crippen LogP contribution < -0.4 is 11.1 Å². The molecule has 2 unspecified atom stereocenters. The lowest BCUT2D eigenvalue weighted by atomic mass is 10.0. The number of hydrogen-bond donors (Lipinski definition) is 2. The first kappa shape index (κ1) is 30.1. The molecular weight excluding hydrogens is 482 g/mol. The third kappa shape index (κ3) is 7.21. The van der Waals surface area contributed by atoms with Crippen LogP contribution in [0.15, 0.2) is 30.3 Å². The van der Waals surface area contributed by atoms with E-state index in [0.29, 0.717) is 24.9 Å². The molecule has 0 bridgehead atoms. The molecule has 1 fully saturated rings. The fraction of sp³-hybridized carbons (Fsp3) is 0.577. The fourth-order valence-corrected chi connectivity index (χ4v) is 4.13. The van der Waals surface area contributed by atoms with Gasteiger partial charge >= 0.3 is 23.9 Å². The zero-order chi connectivity index (χ0) is 27.8. The molecule has 2 rings (SSSR count). The normalized spacial score (nSPS) is 21.3. The summed E-state index contributed by atoms with van der Waals surface area (Å²) in [6, 6.07) is 6.15. The number of esters is 1. The summed E-state index contributed by atoms with van der Waals surface area (Å²) in [5.41, 5.74) is 5.46. The minimum atomic E-state index is -1.49. The lowest BCUT2D eigenvalue weighted by molar-refractivity contribution is -0.720. The molecule has 37 heavy (non-hydrogen) atoms. The third-order valence-electron chi connectivity index (χ3n) is 5.98. The van der Waals surface area contributed by atoms with Gasteiger partial charge in [-0.25, -0.2) is 14.4 Å². The Balaban J connectivity index is 2.44. The Morgan fingerprint density at radius 1 is 1.14 bits per heavy atom. The average molecular weight is 521 g/mol. The first-order valence-corrected chi connectivity index (χ1v) is 12.3. The summed E-state index contributed by atoms with van der Waals surface area (Å²) in [4.78, 5) is 66.5. The molecule has 4 atom stereocenters. The average Bonchev–Trinajstić information content (AvgIpc) is 3.09. The Morgan fingerprint density at radius 3 is 2.32 bits per heavy atom. The van der Waals surface area contributed by atoms with Crippen molar-refractivity contribution in [2.45, 2.75) is 83.8 Å². The summed E-state index contributed by atoms with van der Waals surface area (Å²) in [5.74, 6) is -3.23. The number of likely N-dealkylation sites (tertiary alicyclic amines) is 1. The zero-order valence-electron chi connectivity index (χ0n) is 22.2. The number of ether oxygens (including phenoxy) is 3. The minimum absolute atomic E-state index is 0.0293. The number of methoxy groups -OCH3 is 1. The first-order chi connectivity index (χ1) is 17.4. The summed E-state index contributed by atoms with van der Waals surface area (Å²) in [6.45, 7) is 6.58. The molecule has 0 radical (unpaired) electrons. The second-order valence-corrected chi connectivity index (χ2v) is 9.99. The summed E-state index contributed by atoms with van der Waals surface area (Å²) in [5, 5.41) is 2.52. The molecule has 11 nitrogen and oxygen atoms in total. The number of unbranched alkanes of at least 4 members (excludes halogenated alkanes) is 1. The number of carbonyl (C=O) groups excluding carboxylic acids is 5. The fourth-order valence-electron chi connectivity index (χ4n) is 4.13. The Labute approximate surface area is 217 Å². The number of nitrogens with zero attached hydrogens (tertiary/aromatic N) is 1. The lowest BCUT2D eigenvalue weighted by Crippen LogP contribution is -2.68.